The van der Waals surface area contributed by atoms with Gasteiger partial charge in [0.15, 0.2) is 47.6 Å². The lowest BCUT2D eigenvalue weighted by atomic mass is 9.98. The van der Waals surface area contributed by atoms with Crippen LogP contribution >= 0.6 is 15.5 Å². The van der Waals surface area contributed by atoms with Gasteiger partial charge in [-0.15, -0.1) is 0 Å². The molecule has 0 bridgehead atoms. The monoisotopic (exact) mass is 1240 g/mol. The van der Waals surface area contributed by atoms with Gasteiger partial charge >= 0.3 is 33.6 Å². The molecule has 3 aliphatic heterocycles. The Labute approximate surface area is 496 Å². The van der Waals surface area contributed by atoms with E-state index in [1.165, 1.54) is 50.6 Å². The summed E-state index contributed by atoms with van der Waals surface area (Å²) in [6.07, 6.45) is 2.54. The molecule has 8 N–H and O–H groups in total. The first-order chi connectivity index (χ1) is 40.4. The molecule has 11 rings (SSSR count). The second-order valence-electron chi connectivity index (χ2n) is 21.1. The number of hydrogen-bond donors (Lipinski definition) is 6. The van der Waals surface area contributed by atoms with Gasteiger partial charge in [-0.3, -0.25) is 27.8 Å². The SMILES string of the molecule is C.C.C[C@H](NP(=O)(Oc1ccccc1)O[C@@H](C)[C@H]1O[C@@H](n2cnc3c(N)ncnc32)[C@@H]2OC(=O)O[C@@H]21)C(=O)OC1CCCCC1.C[C@H](NP(=O)(Oc1ccccc1)O[C@@H](C)[C@H]1O[C@@H](n2cnc3c(N)ncnc32)[C@H](O)[C@@H]1O)C(=O)OC1CCCCC1. The zero-order valence-electron chi connectivity index (χ0n) is 46.4. The number of aromatic nitrogens is 8. The molecule has 0 radical (unpaired) electrons. The van der Waals surface area contributed by atoms with Gasteiger partial charge in [0.2, 0.25) is 0 Å². The van der Waals surface area contributed by atoms with E-state index >= 15 is 0 Å². The summed E-state index contributed by atoms with van der Waals surface area (Å²) in [7, 11) is -8.52. The van der Waals surface area contributed by atoms with Crippen molar-refractivity contribution < 1.29 is 80.2 Å². The number of aliphatic hydroxyl groups excluding tert-OH is 2. The van der Waals surface area contributed by atoms with Crippen LogP contribution in [-0.4, -0.2) is 140 Å². The van der Waals surface area contributed by atoms with Gasteiger partial charge in [0.1, 0.15) is 83.9 Å². The number of hydrogen-bond acceptors (Lipinski definition) is 25. The highest BCUT2D eigenvalue weighted by Crippen LogP contribution is 2.51. The van der Waals surface area contributed by atoms with E-state index in [0.717, 1.165) is 64.2 Å². The second kappa shape index (κ2) is 28.3. The maximum absolute atomic E-state index is 14.2. The van der Waals surface area contributed by atoms with Crippen LogP contribution in [0.1, 0.15) is 119 Å². The number of rotatable bonds is 20. The van der Waals surface area contributed by atoms with Crippen LogP contribution in [0.15, 0.2) is 86.0 Å². The number of ether oxygens (including phenoxy) is 6. The second-order valence-corrected chi connectivity index (χ2v) is 24.4. The van der Waals surface area contributed by atoms with Crippen molar-refractivity contribution in [2.75, 3.05) is 11.5 Å². The number of para-hydroxylation sites is 2. The van der Waals surface area contributed by atoms with E-state index in [9.17, 15) is 33.7 Å². The first kappa shape index (κ1) is 65.1. The van der Waals surface area contributed by atoms with Gasteiger partial charge in [-0.25, -0.2) is 43.8 Å². The molecule has 2 saturated carbocycles. The number of benzene rings is 2. The topological polar surface area (TPSA) is 381 Å². The molecule has 2 aliphatic carbocycles. The summed E-state index contributed by atoms with van der Waals surface area (Å²) in [6.45, 7) is 6.15. The van der Waals surface area contributed by atoms with Crippen molar-refractivity contribution in [2.45, 2.75) is 192 Å². The average Bonchev–Trinajstić information content (AvgIpc) is 1.80. The molecule has 5 fully saturated rings. The van der Waals surface area contributed by atoms with Crippen LogP contribution in [0.25, 0.3) is 22.3 Å². The number of aliphatic hydroxyl groups is 2. The molecule has 5 aliphatic rings. The van der Waals surface area contributed by atoms with Gasteiger partial charge in [-0.05, 0) is 103 Å². The summed E-state index contributed by atoms with van der Waals surface area (Å²) in [4.78, 5) is 62.7. The Morgan fingerprint density at radius 2 is 1.01 bits per heavy atom. The molecule has 0 spiro atoms. The number of nitrogens with zero attached hydrogens (tertiary/aromatic N) is 8. The maximum Gasteiger partial charge on any atom is 0.509 e. The molecule has 86 heavy (non-hydrogen) atoms. The number of anilines is 2. The highest BCUT2D eigenvalue weighted by Gasteiger charge is 2.58. The van der Waals surface area contributed by atoms with Crippen LogP contribution in [0.2, 0.25) is 0 Å². The number of nitrogens with one attached hydrogen (secondary N) is 2. The Kier molecular flexibility index (Phi) is 21.4. The fraction of sp³-hybridized carbons (Fsp3) is 0.545. The molecule has 2 aromatic carbocycles. The van der Waals surface area contributed by atoms with Crippen LogP contribution in [-0.2, 0) is 56.2 Å². The Hall–Kier alpha value is -6.91. The zero-order valence-corrected chi connectivity index (χ0v) is 48.2. The van der Waals surface area contributed by atoms with Crippen molar-refractivity contribution in [1.29, 1.82) is 0 Å². The van der Waals surface area contributed by atoms with E-state index < -0.39 is 107 Å². The standard InChI is InChI=1S/C27H33N6O9P.C26H35N6O8P.2CH4/c1-15(26(34)37-17-9-5-3-6-10-17)32-43(36,42-18-11-7-4-8-12-18)41-16(2)20-21-22(40-27(35)39-21)25(38-20)33-14-31-19-23(28)29-13-30-24(19)33;1-15(26(35)37-17-9-5-3-6-10-17)31-41(36,40-18-11-7-4-8-12-18)39-16(2)22-20(33)21(34)25(38-22)32-14-30-19-23(27)28-13-29-24(19)32;;/h4,7-8,11-17,20-22,25H,3,5-6,9-10H2,1-2H3,(H,32,36)(H2,28,29,30);4,7-8,11-17,20-22,25,33-34H,3,5-6,9-10H2,1-2H3,(H,31,36)(H2,27,28,29);2*1H4/t15-,16-,20+,21+,22+,25+,43?;15-,16-,20-,21+,22+,25+,41?;;/m00../s1. The van der Waals surface area contributed by atoms with E-state index in [1.54, 1.807) is 72.2 Å². The number of imidazole rings is 2. The van der Waals surface area contributed by atoms with Crippen molar-refractivity contribution in [1.82, 2.24) is 49.2 Å². The molecule has 14 atom stereocenters. The van der Waals surface area contributed by atoms with Crippen molar-refractivity contribution in [2.24, 2.45) is 0 Å². The number of fused-ring (bicyclic) bond motifs is 3. The number of nitrogen functional groups attached to an aromatic ring is 2. The smallest absolute Gasteiger partial charge is 0.461 e. The summed E-state index contributed by atoms with van der Waals surface area (Å²) in [5.74, 6) is -0.339. The van der Waals surface area contributed by atoms with Gasteiger partial charge in [-0.2, -0.15) is 10.2 Å². The molecule has 2 unspecified atom stereocenters. The summed E-state index contributed by atoms with van der Waals surface area (Å²) >= 11 is 0. The van der Waals surface area contributed by atoms with Gasteiger partial charge < -0.3 is 59.1 Å². The van der Waals surface area contributed by atoms with Crippen molar-refractivity contribution >= 4 is 67.6 Å². The molecular formula is C55H76N12O17P2. The minimum atomic E-state index is -4.26. The van der Waals surface area contributed by atoms with Crippen LogP contribution in [0.4, 0.5) is 16.4 Å². The minimum absolute atomic E-state index is 0. The Bertz CT molecular complexity index is 3340. The van der Waals surface area contributed by atoms with Crippen LogP contribution in [0.5, 0.6) is 11.5 Å². The Balaban J connectivity index is 0.000000219. The largest absolute Gasteiger partial charge is 0.509 e. The molecule has 3 saturated heterocycles. The summed E-state index contributed by atoms with van der Waals surface area (Å²) in [5.41, 5.74) is 13.1. The minimum Gasteiger partial charge on any atom is -0.461 e. The summed E-state index contributed by atoms with van der Waals surface area (Å²) < 4.78 is 89.2. The zero-order chi connectivity index (χ0) is 59.3. The van der Waals surface area contributed by atoms with Crippen LogP contribution in [0, 0.1) is 0 Å². The van der Waals surface area contributed by atoms with Gasteiger partial charge in [0.05, 0.1) is 24.9 Å². The van der Waals surface area contributed by atoms with E-state index in [0.29, 0.717) is 22.3 Å². The number of carbonyl (C=O) groups is 3. The molecule has 31 heteroatoms. The van der Waals surface area contributed by atoms with E-state index in [2.05, 4.69) is 40.1 Å². The van der Waals surface area contributed by atoms with Gasteiger partial charge in [0, 0.05) is 0 Å². The Morgan fingerprint density at radius 1 is 0.593 bits per heavy atom. The molecule has 7 heterocycles. The normalized spacial score (nSPS) is 25.9. The van der Waals surface area contributed by atoms with Crippen molar-refractivity contribution in [3.8, 4) is 11.5 Å². The maximum atomic E-state index is 14.2. The predicted octanol–water partition coefficient (Wildman–Crippen LogP) is 7.40. The van der Waals surface area contributed by atoms with Crippen molar-refractivity contribution in [3.05, 3.63) is 86.0 Å². The summed E-state index contributed by atoms with van der Waals surface area (Å²) in [6, 6.07) is 14.7. The molecular weight excluding hydrogens is 1160 g/mol. The third-order valence-electron chi connectivity index (χ3n) is 14.8. The fourth-order valence-corrected chi connectivity index (χ4v) is 14.0. The lowest BCUT2D eigenvalue weighted by Crippen LogP contribution is -2.41. The number of nitrogens with two attached hydrogens (primary N) is 2. The summed E-state index contributed by atoms with van der Waals surface area (Å²) in [5, 5.41) is 27.1. The van der Waals surface area contributed by atoms with Crippen molar-refractivity contribution in [3.63, 3.8) is 0 Å². The predicted molar refractivity (Wildman–Crippen MR) is 309 cm³/mol. The fourth-order valence-electron chi connectivity index (χ4n) is 10.6. The molecule has 0 amide bonds. The molecule has 6 aromatic rings. The quantitative estimate of drug-likeness (QED) is 0.0246. The molecule has 468 valence electrons. The lowest BCUT2D eigenvalue weighted by Gasteiger charge is -2.29. The van der Waals surface area contributed by atoms with E-state index in [1.807, 2.05) is 0 Å². The third kappa shape index (κ3) is 14.9. The third-order valence-corrected chi connectivity index (χ3v) is 18.4. The highest BCUT2D eigenvalue weighted by molar-refractivity contribution is 7.52. The lowest BCUT2D eigenvalue weighted by molar-refractivity contribution is -0.153. The average molecular weight is 1240 g/mol. The number of carbonyl (C=O) groups excluding carboxylic acids is 3. The highest BCUT2D eigenvalue weighted by atomic mass is 31.2. The number of esters is 2. The van der Waals surface area contributed by atoms with Crippen LogP contribution < -0.4 is 30.7 Å². The van der Waals surface area contributed by atoms with Crippen LogP contribution in [0.3, 0.4) is 0 Å². The first-order valence-corrected chi connectivity index (χ1v) is 30.9. The van der Waals surface area contributed by atoms with E-state index in [4.69, 9.17) is 58.0 Å². The molecule has 4 aromatic heterocycles. The first-order valence-electron chi connectivity index (χ1n) is 27.8. The van der Waals surface area contributed by atoms with Gasteiger partial charge in [0.25, 0.3) is 0 Å². The van der Waals surface area contributed by atoms with E-state index in [-0.39, 0.29) is 50.2 Å². The Morgan fingerprint density at radius 3 is 1.48 bits per heavy atom. The molecule has 29 nitrogen and oxygen atoms in total. The van der Waals surface area contributed by atoms with Gasteiger partial charge in [-0.1, -0.05) is 64.1 Å².